The van der Waals surface area contributed by atoms with Gasteiger partial charge in [-0.3, -0.25) is 0 Å². The lowest BCUT2D eigenvalue weighted by molar-refractivity contribution is 0.581. The average Bonchev–Trinajstić information content (AvgIpc) is 2.85. The molecular formula is C13H14ClNO2S2. The molecule has 0 amide bonds. The molecule has 0 atom stereocenters. The maximum atomic E-state index is 11.9. The molecule has 102 valence electrons. The molecule has 0 aliphatic carbocycles. The summed E-state index contributed by atoms with van der Waals surface area (Å²) in [6, 6.07) is 10.9. The first-order chi connectivity index (χ1) is 9.07. The lowest BCUT2D eigenvalue weighted by atomic mass is 10.2. The number of hydrogen-bond acceptors (Lipinski definition) is 3. The van der Waals surface area contributed by atoms with Crippen LogP contribution < -0.4 is 4.72 Å². The lowest BCUT2D eigenvalue weighted by Gasteiger charge is -2.07. The summed E-state index contributed by atoms with van der Waals surface area (Å²) in [6.07, 6.45) is 0.708. The zero-order valence-corrected chi connectivity index (χ0v) is 12.6. The molecule has 0 spiro atoms. The highest BCUT2D eigenvalue weighted by atomic mass is 35.5. The van der Waals surface area contributed by atoms with Crippen LogP contribution in [0.25, 0.3) is 0 Å². The van der Waals surface area contributed by atoms with Crippen LogP contribution in [0.15, 0.2) is 41.8 Å². The third kappa shape index (κ3) is 4.62. The van der Waals surface area contributed by atoms with E-state index in [9.17, 15) is 8.42 Å². The molecule has 0 aliphatic heterocycles. The van der Waals surface area contributed by atoms with Crippen LogP contribution in [0, 0.1) is 0 Å². The monoisotopic (exact) mass is 315 g/mol. The topological polar surface area (TPSA) is 46.2 Å². The van der Waals surface area contributed by atoms with Gasteiger partial charge in [0.2, 0.25) is 10.0 Å². The van der Waals surface area contributed by atoms with Crippen LogP contribution >= 0.6 is 22.9 Å². The van der Waals surface area contributed by atoms with Crippen LogP contribution in [0.2, 0.25) is 5.02 Å². The fourth-order valence-electron chi connectivity index (χ4n) is 1.66. The van der Waals surface area contributed by atoms with E-state index in [0.717, 1.165) is 0 Å². The van der Waals surface area contributed by atoms with Gasteiger partial charge in [0, 0.05) is 16.4 Å². The SMILES string of the molecule is O=S(=O)(Cc1ccccc1Cl)NCCc1cccs1. The van der Waals surface area contributed by atoms with Crippen molar-refractivity contribution in [3.63, 3.8) is 0 Å². The number of nitrogens with one attached hydrogen (secondary N) is 1. The molecule has 0 unspecified atom stereocenters. The van der Waals surface area contributed by atoms with E-state index in [1.54, 1.807) is 35.6 Å². The number of rotatable bonds is 6. The first-order valence-electron chi connectivity index (χ1n) is 5.80. The van der Waals surface area contributed by atoms with E-state index < -0.39 is 10.0 Å². The van der Waals surface area contributed by atoms with E-state index in [1.165, 1.54) is 4.88 Å². The summed E-state index contributed by atoms with van der Waals surface area (Å²) < 4.78 is 26.4. The van der Waals surface area contributed by atoms with Crippen molar-refractivity contribution in [3.05, 3.63) is 57.2 Å². The number of benzene rings is 1. The van der Waals surface area contributed by atoms with E-state index in [0.29, 0.717) is 23.6 Å². The van der Waals surface area contributed by atoms with Gasteiger partial charge in [0.05, 0.1) is 5.75 Å². The number of thiophene rings is 1. The standard InChI is InChI=1S/C13H14ClNO2S2/c14-13-6-2-1-4-11(13)10-19(16,17)15-8-7-12-5-3-9-18-12/h1-6,9,15H,7-8,10H2. The Morgan fingerprint density at radius 2 is 1.95 bits per heavy atom. The molecule has 19 heavy (non-hydrogen) atoms. The van der Waals surface area contributed by atoms with Crippen molar-refractivity contribution < 1.29 is 8.42 Å². The Kier molecular flexibility index (Phi) is 4.99. The molecule has 1 heterocycles. The van der Waals surface area contributed by atoms with Gasteiger partial charge in [-0.2, -0.15) is 0 Å². The highest BCUT2D eigenvalue weighted by molar-refractivity contribution is 7.88. The van der Waals surface area contributed by atoms with Crippen LogP contribution in [-0.2, 0) is 22.2 Å². The molecule has 0 saturated carbocycles. The van der Waals surface area contributed by atoms with Crippen LogP contribution in [0.3, 0.4) is 0 Å². The van der Waals surface area contributed by atoms with Gasteiger partial charge in [0.1, 0.15) is 0 Å². The Bertz CT molecular complexity index is 624. The zero-order chi connectivity index (χ0) is 13.7. The van der Waals surface area contributed by atoms with Gasteiger partial charge in [-0.15, -0.1) is 11.3 Å². The Hall–Kier alpha value is -0.880. The Balaban J connectivity index is 1.90. The van der Waals surface area contributed by atoms with Crippen molar-refractivity contribution in [1.29, 1.82) is 0 Å². The van der Waals surface area contributed by atoms with Crippen molar-refractivity contribution in [2.75, 3.05) is 6.54 Å². The minimum atomic E-state index is -3.34. The number of halogens is 1. The van der Waals surface area contributed by atoms with Crippen LogP contribution in [0.5, 0.6) is 0 Å². The third-order valence-electron chi connectivity index (χ3n) is 2.58. The zero-order valence-electron chi connectivity index (χ0n) is 10.2. The van der Waals surface area contributed by atoms with Gasteiger partial charge < -0.3 is 0 Å². The van der Waals surface area contributed by atoms with Crippen LogP contribution in [0.4, 0.5) is 0 Å². The maximum Gasteiger partial charge on any atom is 0.215 e. The quantitative estimate of drug-likeness (QED) is 0.890. The smallest absolute Gasteiger partial charge is 0.215 e. The van der Waals surface area contributed by atoms with Crippen LogP contribution in [0.1, 0.15) is 10.4 Å². The molecule has 1 N–H and O–H groups in total. The summed E-state index contributed by atoms with van der Waals surface area (Å²) in [4.78, 5) is 1.17. The van der Waals surface area contributed by atoms with Crippen molar-refractivity contribution in [2.45, 2.75) is 12.2 Å². The molecule has 3 nitrogen and oxygen atoms in total. The summed E-state index contributed by atoms with van der Waals surface area (Å²) >= 11 is 7.58. The molecule has 0 saturated heterocycles. The Morgan fingerprint density at radius 3 is 2.63 bits per heavy atom. The molecule has 1 aromatic carbocycles. The van der Waals surface area contributed by atoms with E-state index in [-0.39, 0.29) is 5.75 Å². The second-order valence-electron chi connectivity index (χ2n) is 4.07. The van der Waals surface area contributed by atoms with Gasteiger partial charge >= 0.3 is 0 Å². The fourth-order valence-corrected chi connectivity index (χ4v) is 3.82. The minimum absolute atomic E-state index is 0.0862. The molecule has 0 aliphatic rings. The molecule has 1 aromatic heterocycles. The summed E-state index contributed by atoms with van der Waals surface area (Å²) in [5.74, 6) is -0.0862. The first-order valence-corrected chi connectivity index (χ1v) is 8.71. The fraction of sp³-hybridized carbons (Fsp3) is 0.231. The summed E-state index contributed by atoms with van der Waals surface area (Å²) in [7, 11) is -3.34. The van der Waals surface area contributed by atoms with Crippen LogP contribution in [-0.4, -0.2) is 15.0 Å². The van der Waals surface area contributed by atoms with E-state index in [4.69, 9.17) is 11.6 Å². The predicted molar refractivity (Wildman–Crippen MR) is 80.1 cm³/mol. The van der Waals surface area contributed by atoms with Gasteiger partial charge in [-0.1, -0.05) is 35.9 Å². The van der Waals surface area contributed by atoms with Gasteiger partial charge in [-0.05, 0) is 29.5 Å². The number of hydrogen-bond donors (Lipinski definition) is 1. The highest BCUT2D eigenvalue weighted by Gasteiger charge is 2.13. The molecule has 2 rings (SSSR count). The predicted octanol–water partition coefficient (Wildman–Crippen LogP) is 3.06. The second-order valence-corrected chi connectivity index (χ2v) is 7.32. The molecular weight excluding hydrogens is 302 g/mol. The third-order valence-corrected chi connectivity index (χ3v) is 5.22. The molecule has 0 fully saturated rings. The van der Waals surface area contributed by atoms with Gasteiger partial charge in [0.25, 0.3) is 0 Å². The Morgan fingerprint density at radius 1 is 1.16 bits per heavy atom. The van der Waals surface area contributed by atoms with Crippen molar-refractivity contribution in [2.24, 2.45) is 0 Å². The average molecular weight is 316 g/mol. The van der Waals surface area contributed by atoms with Gasteiger partial charge in [-0.25, -0.2) is 13.1 Å². The maximum absolute atomic E-state index is 11.9. The molecule has 0 radical (unpaired) electrons. The van der Waals surface area contributed by atoms with Crippen molar-refractivity contribution >= 4 is 33.0 Å². The largest absolute Gasteiger partial charge is 0.215 e. The summed E-state index contributed by atoms with van der Waals surface area (Å²) in [6.45, 7) is 0.410. The number of sulfonamides is 1. The second kappa shape index (κ2) is 6.52. The summed E-state index contributed by atoms with van der Waals surface area (Å²) in [5, 5.41) is 2.46. The first kappa shape index (κ1) is 14.5. The highest BCUT2D eigenvalue weighted by Crippen LogP contribution is 2.17. The Labute approximate surface area is 122 Å². The normalized spacial score (nSPS) is 11.6. The van der Waals surface area contributed by atoms with Crippen molar-refractivity contribution in [3.8, 4) is 0 Å². The van der Waals surface area contributed by atoms with Crippen molar-refractivity contribution in [1.82, 2.24) is 4.72 Å². The lowest BCUT2D eigenvalue weighted by Crippen LogP contribution is -2.27. The molecule has 0 bridgehead atoms. The summed E-state index contributed by atoms with van der Waals surface area (Å²) in [5.41, 5.74) is 0.618. The van der Waals surface area contributed by atoms with E-state index in [1.807, 2.05) is 17.5 Å². The van der Waals surface area contributed by atoms with Gasteiger partial charge in [0.15, 0.2) is 0 Å². The minimum Gasteiger partial charge on any atom is -0.215 e. The van der Waals surface area contributed by atoms with E-state index >= 15 is 0 Å². The van der Waals surface area contributed by atoms with E-state index in [2.05, 4.69) is 4.72 Å². The molecule has 2 aromatic rings. The molecule has 6 heteroatoms.